The second kappa shape index (κ2) is 5.60. The third kappa shape index (κ3) is 2.71. The molecule has 1 fully saturated rings. The van der Waals surface area contributed by atoms with Gasteiger partial charge in [0, 0.05) is 16.6 Å². The minimum atomic E-state index is 0.119. The van der Waals surface area contributed by atoms with Gasteiger partial charge in [-0.15, -0.1) is 0 Å². The average Bonchev–Trinajstić information content (AvgIpc) is 2.40. The zero-order chi connectivity index (χ0) is 13.2. The summed E-state index contributed by atoms with van der Waals surface area (Å²) in [5, 5.41) is 4.50. The fraction of sp³-hybridized carbons (Fsp3) is 0.600. The molecule has 0 aromatic heterocycles. The molecule has 1 aliphatic rings. The lowest BCUT2D eigenvalue weighted by atomic mass is 9.88. The Labute approximate surface area is 115 Å². The molecule has 1 N–H and O–H groups in total. The molecule has 2 nitrogen and oxygen atoms in total. The molecule has 0 radical (unpaired) electrons. The molecule has 2 rings (SSSR count). The van der Waals surface area contributed by atoms with Crippen LogP contribution in [0.1, 0.15) is 45.3 Å². The summed E-state index contributed by atoms with van der Waals surface area (Å²) in [7, 11) is 0. The van der Waals surface area contributed by atoms with Gasteiger partial charge in [-0.25, -0.2) is 0 Å². The lowest BCUT2D eigenvalue weighted by molar-refractivity contribution is -0.0631. The van der Waals surface area contributed by atoms with Crippen LogP contribution in [0.5, 0.6) is 0 Å². The third-order valence-electron chi connectivity index (χ3n) is 4.08. The molecule has 0 amide bonds. The molecule has 1 aliphatic heterocycles. The predicted octanol–water partition coefficient (Wildman–Crippen LogP) is 3.95. The second-order valence-electron chi connectivity index (χ2n) is 5.20. The summed E-state index contributed by atoms with van der Waals surface area (Å²) in [5.41, 5.74) is 1.34. The third-order valence-corrected chi connectivity index (χ3v) is 4.33. The van der Waals surface area contributed by atoms with Gasteiger partial charge in [0.1, 0.15) is 0 Å². The van der Waals surface area contributed by atoms with E-state index in [-0.39, 0.29) is 11.6 Å². The maximum Gasteiger partial charge on any atom is 0.0976 e. The van der Waals surface area contributed by atoms with Gasteiger partial charge in [0.25, 0.3) is 0 Å². The number of halogens is 1. The number of benzene rings is 1. The smallest absolute Gasteiger partial charge is 0.0976 e. The number of nitrogens with one attached hydrogen (secondary N) is 1. The van der Waals surface area contributed by atoms with E-state index in [2.05, 4.69) is 38.2 Å². The molecule has 1 saturated heterocycles. The largest absolute Gasteiger partial charge is 0.370 e. The van der Waals surface area contributed by atoms with Gasteiger partial charge in [-0.05, 0) is 37.5 Å². The van der Waals surface area contributed by atoms with Crippen molar-refractivity contribution in [3.8, 4) is 0 Å². The molecule has 1 aromatic carbocycles. The Balaban J connectivity index is 2.12. The molecule has 0 spiro atoms. The van der Waals surface area contributed by atoms with Crippen LogP contribution >= 0.6 is 11.6 Å². The van der Waals surface area contributed by atoms with Crippen LogP contribution in [0.4, 0.5) is 0 Å². The normalized spacial score (nSPS) is 27.1. The minimum Gasteiger partial charge on any atom is -0.370 e. The van der Waals surface area contributed by atoms with Gasteiger partial charge >= 0.3 is 0 Å². The van der Waals surface area contributed by atoms with Crippen molar-refractivity contribution in [1.82, 2.24) is 5.32 Å². The zero-order valence-electron chi connectivity index (χ0n) is 11.4. The number of hydrogen-bond donors (Lipinski definition) is 1. The van der Waals surface area contributed by atoms with Gasteiger partial charge < -0.3 is 10.1 Å². The van der Waals surface area contributed by atoms with Crippen LogP contribution in [0, 0.1) is 0 Å². The van der Waals surface area contributed by atoms with Crippen molar-refractivity contribution in [2.45, 2.75) is 51.3 Å². The highest BCUT2D eigenvalue weighted by Gasteiger charge is 2.37. The molecule has 1 aromatic rings. The Morgan fingerprint density at radius 1 is 1.28 bits per heavy atom. The van der Waals surface area contributed by atoms with E-state index >= 15 is 0 Å². The molecule has 0 saturated carbocycles. The van der Waals surface area contributed by atoms with Gasteiger partial charge in [0.05, 0.1) is 12.7 Å². The Hall–Kier alpha value is -0.570. The Morgan fingerprint density at radius 2 is 1.89 bits per heavy atom. The van der Waals surface area contributed by atoms with Crippen molar-refractivity contribution >= 4 is 11.6 Å². The Kier molecular flexibility index (Phi) is 4.31. The van der Waals surface area contributed by atoms with Crippen LogP contribution in [-0.2, 0) is 4.74 Å². The summed E-state index contributed by atoms with van der Waals surface area (Å²) in [5.74, 6) is 0. The SMILES string of the molecule is CCC1(CC)COC(c2ccc(Cl)cc2)C(C)N1. The van der Waals surface area contributed by atoms with Gasteiger partial charge in [-0.1, -0.05) is 37.6 Å². The molecule has 0 aliphatic carbocycles. The standard InChI is InChI=1S/C15H22ClNO/c1-4-15(5-2)10-18-14(11(3)17-15)12-6-8-13(16)9-7-12/h6-9,11,14,17H,4-5,10H2,1-3H3. The molecule has 100 valence electrons. The molecule has 2 atom stereocenters. The van der Waals surface area contributed by atoms with Crippen molar-refractivity contribution < 1.29 is 4.74 Å². The van der Waals surface area contributed by atoms with E-state index in [1.54, 1.807) is 0 Å². The highest BCUT2D eigenvalue weighted by molar-refractivity contribution is 6.30. The number of morpholine rings is 1. The predicted molar refractivity (Wildman–Crippen MR) is 76.1 cm³/mol. The fourth-order valence-electron chi connectivity index (χ4n) is 2.69. The van der Waals surface area contributed by atoms with Crippen LogP contribution in [0.25, 0.3) is 0 Å². The van der Waals surface area contributed by atoms with Crippen LogP contribution in [0.2, 0.25) is 5.02 Å². The van der Waals surface area contributed by atoms with E-state index in [1.807, 2.05) is 12.1 Å². The van der Waals surface area contributed by atoms with Crippen LogP contribution in [0.3, 0.4) is 0 Å². The van der Waals surface area contributed by atoms with Crippen molar-refractivity contribution in [2.75, 3.05) is 6.61 Å². The van der Waals surface area contributed by atoms with Crippen LogP contribution in [-0.4, -0.2) is 18.2 Å². The maximum absolute atomic E-state index is 6.11. The van der Waals surface area contributed by atoms with E-state index in [0.29, 0.717) is 6.04 Å². The first kappa shape index (κ1) is 13.9. The summed E-state index contributed by atoms with van der Waals surface area (Å²) in [6, 6.07) is 8.27. The molecular weight excluding hydrogens is 246 g/mol. The van der Waals surface area contributed by atoms with Gasteiger partial charge in [-0.3, -0.25) is 0 Å². The lowest BCUT2D eigenvalue weighted by Crippen LogP contribution is -2.58. The Bertz CT molecular complexity index is 386. The minimum absolute atomic E-state index is 0.119. The summed E-state index contributed by atoms with van der Waals surface area (Å²) in [4.78, 5) is 0. The first-order valence-electron chi connectivity index (χ1n) is 6.75. The zero-order valence-corrected chi connectivity index (χ0v) is 12.1. The first-order chi connectivity index (χ1) is 8.60. The number of ether oxygens (including phenoxy) is 1. The van der Waals surface area contributed by atoms with Crippen LogP contribution < -0.4 is 5.32 Å². The monoisotopic (exact) mass is 267 g/mol. The maximum atomic E-state index is 6.11. The molecular formula is C15H22ClNO. The van der Waals surface area contributed by atoms with E-state index in [9.17, 15) is 0 Å². The summed E-state index contributed by atoms with van der Waals surface area (Å²) in [6.45, 7) is 7.40. The Morgan fingerprint density at radius 3 is 2.39 bits per heavy atom. The summed E-state index contributed by atoms with van der Waals surface area (Å²) < 4.78 is 6.11. The van der Waals surface area contributed by atoms with Crippen molar-refractivity contribution in [2.24, 2.45) is 0 Å². The average molecular weight is 268 g/mol. The first-order valence-corrected chi connectivity index (χ1v) is 7.13. The molecule has 1 heterocycles. The topological polar surface area (TPSA) is 21.3 Å². The quantitative estimate of drug-likeness (QED) is 0.895. The second-order valence-corrected chi connectivity index (χ2v) is 5.64. The van der Waals surface area contributed by atoms with Crippen molar-refractivity contribution in [3.05, 3.63) is 34.9 Å². The highest BCUT2D eigenvalue weighted by atomic mass is 35.5. The summed E-state index contributed by atoms with van der Waals surface area (Å²) in [6.07, 6.45) is 2.32. The van der Waals surface area contributed by atoms with Crippen LogP contribution in [0.15, 0.2) is 24.3 Å². The number of hydrogen-bond acceptors (Lipinski definition) is 2. The highest BCUT2D eigenvalue weighted by Crippen LogP contribution is 2.32. The molecule has 3 heteroatoms. The van der Waals surface area contributed by atoms with E-state index < -0.39 is 0 Å². The van der Waals surface area contributed by atoms with Gasteiger partial charge in [0.2, 0.25) is 0 Å². The molecule has 18 heavy (non-hydrogen) atoms. The lowest BCUT2D eigenvalue weighted by Gasteiger charge is -2.44. The molecule has 2 unspecified atom stereocenters. The molecule has 0 bridgehead atoms. The van der Waals surface area contributed by atoms with E-state index in [0.717, 1.165) is 24.5 Å². The van der Waals surface area contributed by atoms with Crippen molar-refractivity contribution in [3.63, 3.8) is 0 Å². The summed E-state index contributed by atoms with van der Waals surface area (Å²) >= 11 is 5.92. The van der Waals surface area contributed by atoms with E-state index in [4.69, 9.17) is 16.3 Å². The fourth-order valence-corrected chi connectivity index (χ4v) is 2.82. The van der Waals surface area contributed by atoms with E-state index in [1.165, 1.54) is 5.56 Å². The van der Waals surface area contributed by atoms with Crippen molar-refractivity contribution in [1.29, 1.82) is 0 Å². The number of rotatable bonds is 3. The van der Waals surface area contributed by atoms with Gasteiger partial charge in [-0.2, -0.15) is 0 Å². The van der Waals surface area contributed by atoms with Gasteiger partial charge in [0.15, 0.2) is 0 Å².